The molecular weight excluding hydrogens is 322 g/mol. The molecular formula is C14H33NO7Si. The summed E-state index contributed by atoms with van der Waals surface area (Å²) in [5.74, 6) is 0. The van der Waals surface area contributed by atoms with Gasteiger partial charge in [0.1, 0.15) is 6.61 Å². The highest BCUT2D eigenvalue weighted by molar-refractivity contribution is 6.60. The molecule has 0 spiro atoms. The molecule has 4 N–H and O–H groups in total. The van der Waals surface area contributed by atoms with Crippen molar-refractivity contribution in [3.8, 4) is 0 Å². The van der Waals surface area contributed by atoms with Gasteiger partial charge in [0.25, 0.3) is 0 Å². The third-order valence-electron chi connectivity index (χ3n) is 2.10. The number of carbonyl (C=O) groups is 1. The number of ether oxygens (including phenoxy) is 1. The van der Waals surface area contributed by atoms with E-state index in [9.17, 15) is 4.79 Å². The summed E-state index contributed by atoms with van der Waals surface area (Å²) in [7, 11) is -2.40. The molecule has 0 heterocycles. The molecule has 0 rings (SSSR count). The maximum absolute atomic E-state index is 9.42. The molecule has 0 bridgehead atoms. The quantitative estimate of drug-likeness (QED) is 0.292. The molecule has 0 radical (unpaired) electrons. The predicted octanol–water partition coefficient (Wildman–Crippen LogP) is 1.86. The Morgan fingerprint density at radius 2 is 1.52 bits per heavy atom. The van der Waals surface area contributed by atoms with E-state index in [-0.39, 0.29) is 13.2 Å². The van der Waals surface area contributed by atoms with Gasteiger partial charge in [-0.3, -0.25) is 0 Å². The van der Waals surface area contributed by atoms with Crippen molar-refractivity contribution in [3.05, 3.63) is 13.2 Å². The van der Waals surface area contributed by atoms with Crippen LogP contribution >= 0.6 is 0 Å². The molecule has 0 aromatic heterocycles. The highest BCUT2D eigenvalue weighted by Crippen LogP contribution is 2.17. The molecule has 8 nitrogen and oxygen atoms in total. The largest absolute Gasteiger partial charge is 0.505 e. The first-order valence-corrected chi connectivity index (χ1v) is 9.53. The summed E-state index contributed by atoms with van der Waals surface area (Å²) in [6, 6.07) is 0.818. The Morgan fingerprint density at radius 1 is 1.09 bits per heavy atom. The molecule has 0 saturated carbocycles. The van der Waals surface area contributed by atoms with E-state index in [1.165, 1.54) is 0 Å². The maximum atomic E-state index is 9.42. The zero-order chi connectivity index (χ0) is 18.6. The van der Waals surface area contributed by atoms with Gasteiger partial charge in [0, 0.05) is 25.9 Å². The van der Waals surface area contributed by atoms with Gasteiger partial charge >= 0.3 is 15.0 Å². The fourth-order valence-electron chi connectivity index (χ4n) is 1.45. The standard InChI is InChI=1S/C9H23NO3Si.C3H6O4.C2H4/c1-4-11-14(12-5-2,13-6-3)9-7-8-10;4-1-2-7-3(5)6;1-2/h4-10H2,1-3H3;4H,1-2H2,(H,5,6);1-2H2. The Labute approximate surface area is 140 Å². The van der Waals surface area contributed by atoms with Crippen molar-refractivity contribution in [2.75, 3.05) is 39.6 Å². The molecule has 0 aliphatic carbocycles. The zero-order valence-corrected chi connectivity index (χ0v) is 15.6. The normalized spacial score (nSPS) is 9.96. The lowest BCUT2D eigenvalue weighted by Gasteiger charge is -2.28. The van der Waals surface area contributed by atoms with Gasteiger partial charge in [0.2, 0.25) is 0 Å². The van der Waals surface area contributed by atoms with Crippen LogP contribution in [0, 0.1) is 0 Å². The summed E-state index contributed by atoms with van der Waals surface area (Å²) in [5.41, 5.74) is 5.48. The third kappa shape index (κ3) is 19.0. The lowest BCUT2D eigenvalue weighted by atomic mass is 10.5. The first kappa shape index (κ1) is 26.9. The fourth-order valence-corrected chi connectivity index (χ4v) is 4.09. The first-order chi connectivity index (χ1) is 11.0. The SMILES string of the molecule is C=C.CCO[Si](CCCN)(OCC)OCC.O=C(O)OCCO. The molecule has 0 aliphatic heterocycles. The highest BCUT2D eigenvalue weighted by Gasteiger charge is 2.39. The number of hydrogen-bond acceptors (Lipinski definition) is 7. The molecule has 0 atom stereocenters. The monoisotopic (exact) mass is 355 g/mol. The Hall–Kier alpha value is -0.973. The second-order valence-electron chi connectivity index (χ2n) is 3.71. The van der Waals surface area contributed by atoms with Crippen molar-refractivity contribution in [2.24, 2.45) is 5.73 Å². The van der Waals surface area contributed by atoms with Gasteiger partial charge in [-0.25, -0.2) is 4.79 Å². The van der Waals surface area contributed by atoms with E-state index in [2.05, 4.69) is 17.9 Å². The highest BCUT2D eigenvalue weighted by atomic mass is 28.4. The first-order valence-electron chi connectivity index (χ1n) is 7.60. The minimum Gasteiger partial charge on any atom is -0.450 e. The van der Waals surface area contributed by atoms with Crippen LogP contribution in [0.5, 0.6) is 0 Å². The van der Waals surface area contributed by atoms with Crippen LogP contribution in [0.15, 0.2) is 13.2 Å². The van der Waals surface area contributed by atoms with Crippen LogP contribution < -0.4 is 5.73 Å². The smallest absolute Gasteiger partial charge is 0.450 e. The second-order valence-corrected chi connectivity index (χ2v) is 6.44. The van der Waals surface area contributed by atoms with Gasteiger partial charge in [-0.2, -0.15) is 0 Å². The lowest BCUT2D eigenvalue weighted by Crippen LogP contribution is -2.46. The maximum Gasteiger partial charge on any atom is 0.505 e. The van der Waals surface area contributed by atoms with Crippen molar-refractivity contribution in [2.45, 2.75) is 33.2 Å². The molecule has 0 saturated heterocycles. The van der Waals surface area contributed by atoms with Gasteiger partial charge < -0.3 is 34.0 Å². The van der Waals surface area contributed by atoms with E-state index in [1.54, 1.807) is 0 Å². The van der Waals surface area contributed by atoms with Gasteiger partial charge in [-0.15, -0.1) is 13.2 Å². The number of aliphatic hydroxyl groups excluding tert-OH is 1. The fraction of sp³-hybridized carbons (Fsp3) is 0.786. The molecule has 0 aliphatic rings. The molecule has 140 valence electrons. The number of hydrogen-bond donors (Lipinski definition) is 3. The molecule has 23 heavy (non-hydrogen) atoms. The number of carboxylic acid groups (broad SMARTS) is 1. The topological polar surface area (TPSA) is 120 Å². The third-order valence-corrected chi connectivity index (χ3v) is 5.25. The van der Waals surface area contributed by atoms with Crippen molar-refractivity contribution < 1.29 is 33.0 Å². The van der Waals surface area contributed by atoms with Crippen molar-refractivity contribution in [1.29, 1.82) is 0 Å². The summed E-state index contributed by atoms with van der Waals surface area (Å²) < 4.78 is 20.8. The van der Waals surface area contributed by atoms with E-state index in [1.807, 2.05) is 20.8 Å². The Bertz CT molecular complexity index is 240. The average Bonchev–Trinajstić information content (AvgIpc) is 2.54. The summed E-state index contributed by atoms with van der Waals surface area (Å²) in [5, 5.41) is 15.6. The van der Waals surface area contributed by atoms with Crippen LogP contribution in [-0.2, 0) is 18.0 Å². The predicted molar refractivity (Wildman–Crippen MR) is 91.4 cm³/mol. The summed E-state index contributed by atoms with van der Waals surface area (Å²) in [4.78, 5) is 9.42. The van der Waals surface area contributed by atoms with E-state index >= 15 is 0 Å². The van der Waals surface area contributed by atoms with Crippen LogP contribution in [0.2, 0.25) is 6.04 Å². The van der Waals surface area contributed by atoms with Crippen LogP contribution in [0.25, 0.3) is 0 Å². The molecule has 0 unspecified atom stereocenters. The van der Waals surface area contributed by atoms with Crippen LogP contribution in [0.3, 0.4) is 0 Å². The summed E-state index contributed by atoms with van der Waals surface area (Å²) in [6.07, 6.45) is -0.458. The van der Waals surface area contributed by atoms with E-state index in [0.717, 1.165) is 12.5 Å². The molecule has 0 aromatic carbocycles. The van der Waals surface area contributed by atoms with Gasteiger partial charge in [0.15, 0.2) is 0 Å². The molecule has 0 amide bonds. The second kappa shape index (κ2) is 21.0. The van der Waals surface area contributed by atoms with Gasteiger partial charge in [-0.05, 0) is 33.7 Å². The lowest BCUT2D eigenvalue weighted by molar-refractivity contribution is 0.0708. The van der Waals surface area contributed by atoms with E-state index in [4.69, 9.17) is 29.2 Å². The van der Waals surface area contributed by atoms with E-state index in [0.29, 0.717) is 26.4 Å². The average molecular weight is 356 g/mol. The Kier molecular flexibility index (Phi) is 24.6. The zero-order valence-electron chi connectivity index (χ0n) is 14.6. The number of rotatable bonds is 11. The summed E-state index contributed by atoms with van der Waals surface area (Å²) >= 11 is 0. The minimum atomic E-state index is -2.40. The Balaban J connectivity index is -0.000000373. The van der Waals surface area contributed by atoms with Crippen molar-refractivity contribution >= 4 is 15.0 Å². The van der Waals surface area contributed by atoms with Crippen LogP contribution in [0.1, 0.15) is 27.2 Å². The van der Waals surface area contributed by atoms with Crippen molar-refractivity contribution in [3.63, 3.8) is 0 Å². The van der Waals surface area contributed by atoms with Crippen molar-refractivity contribution in [1.82, 2.24) is 0 Å². The molecule has 0 fully saturated rings. The summed E-state index contributed by atoms with van der Waals surface area (Å²) in [6.45, 7) is 14.0. The van der Waals surface area contributed by atoms with Gasteiger partial charge in [0.05, 0.1) is 6.61 Å². The van der Waals surface area contributed by atoms with Crippen LogP contribution in [0.4, 0.5) is 4.79 Å². The number of nitrogens with two attached hydrogens (primary N) is 1. The van der Waals surface area contributed by atoms with E-state index < -0.39 is 15.0 Å². The van der Waals surface area contributed by atoms with Gasteiger partial charge in [-0.1, -0.05) is 0 Å². The Morgan fingerprint density at radius 3 is 1.74 bits per heavy atom. The number of aliphatic hydroxyl groups is 1. The molecule has 0 aromatic rings. The minimum absolute atomic E-state index is 0.144. The van der Waals surface area contributed by atoms with Crippen LogP contribution in [-0.4, -0.2) is 64.8 Å². The molecule has 9 heteroatoms.